The predicted molar refractivity (Wildman–Crippen MR) is 72.0 cm³/mol. The summed E-state index contributed by atoms with van der Waals surface area (Å²) >= 11 is 0. The molecule has 0 saturated carbocycles. The molecule has 0 aliphatic rings. The second kappa shape index (κ2) is 5.53. The molecule has 2 aromatic carbocycles. The Hall–Kier alpha value is -3.34. The van der Waals surface area contributed by atoms with Crippen LogP contribution in [0.4, 0.5) is 0 Å². The number of fused-ring (bicyclic) bond motifs is 1. The van der Waals surface area contributed by atoms with E-state index in [0.717, 1.165) is 21.9 Å². The van der Waals surface area contributed by atoms with Gasteiger partial charge in [-0.3, -0.25) is 0 Å². The van der Waals surface area contributed by atoms with Crippen molar-refractivity contribution in [2.45, 2.75) is 12.8 Å². The molecule has 0 saturated heterocycles. The summed E-state index contributed by atoms with van der Waals surface area (Å²) in [5.41, 5.74) is 2.21. The molecule has 0 bridgehead atoms. The van der Waals surface area contributed by atoms with Gasteiger partial charge in [-0.05, 0) is 46.2 Å². The predicted octanol–water partition coefficient (Wildman–Crippen LogP) is 2.72. The van der Waals surface area contributed by atoms with Crippen LogP contribution in [0.2, 0.25) is 0 Å². The van der Waals surface area contributed by atoms with Crippen molar-refractivity contribution < 1.29 is 0 Å². The lowest BCUT2D eigenvalue weighted by atomic mass is 9.95. The Balaban J connectivity index is 2.76. The fourth-order valence-corrected chi connectivity index (χ4v) is 2.13. The monoisotopic (exact) mass is 256 g/mol. The van der Waals surface area contributed by atoms with Crippen molar-refractivity contribution in [2.75, 3.05) is 0 Å². The summed E-state index contributed by atoms with van der Waals surface area (Å²) in [7, 11) is 0. The van der Waals surface area contributed by atoms with E-state index in [0.29, 0.717) is 11.1 Å². The molecule has 0 amide bonds. The third-order valence-electron chi connectivity index (χ3n) is 3.08. The lowest BCUT2D eigenvalue weighted by Crippen LogP contribution is -1.94. The average molecular weight is 256 g/mol. The Morgan fingerprint density at radius 2 is 1.05 bits per heavy atom. The van der Waals surface area contributed by atoms with E-state index in [-0.39, 0.29) is 12.8 Å². The average Bonchev–Trinajstić information content (AvgIpc) is 2.47. The van der Waals surface area contributed by atoms with E-state index in [1.807, 2.05) is 24.3 Å². The summed E-state index contributed by atoms with van der Waals surface area (Å²) in [4.78, 5) is 0. The minimum absolute atomic E-state index is 0.217. The molecule has 0 aromatic heterocycles. The molecule has 92 valence electrons. The van der Waals surface area contributed by atoms with Gasteiger partial charge in [0.25, 0.3) is 0 Å². The maximum Gasteiger partial charge on any atom is 0.101 e. The van der Waals surface area contributed by atoms with Crippen LogP contribution in [-0.2, 0) is 12.8 Å². The topological polar surface area (TPSA) is 95.2 Å². The summed E-state index contributed by atoms with van der Waals surface area (Å²) in [6.45, 7) is 0. The van der Waals surface area contributed by atoms with Crippen molar-refractivity contribution in [2.24, 2.45) is 0 Å². The number of nitriles is 4. The van der Waals surface area contributed by atoms with Gasteiger partial charge in [0, 0.05) is 0 Å². The summed E-state index contributed by atoms with van der Waals surface area (Å²) in [5, 5.41) is 37.3. The summed E-state index contributed by atoms with van der Waals surface area (Å²) in [6.07, 6.45) is 0.434. The molecule has 2 rings (SSSR count). The van der Waals surface area contributed by atoms with Crippen molar-refractivity contribution >= 4 is 10.8 Å². The lowest BCUT2D eigenvalue weighted by molar-refractivity contribution is 1.16. The van der Waals surface area contributed by atoms with E-state index in [2.05, 4.69) is 12.1 Å². The summed E-state index contributed by atoms with van der Waals surface area (Å²) in [6, 6.07) is 15.0. The van der Waals surface area contributed by atoms with Gasteiger partial charge in [-0.15, -0.1) is 0 Å². The smallest absolute Gasteiger partial charge is 0.101 e. The van der Waals surface area contributed by atoms with E-state index < -0.39 is 0 Å². The molecule has 0 aliphatic heterocycles. The Morgan fingerprint density at radius 3 is 1.35 bits per heavy atom. The van der Waals surface area contributed by atoms with E-state index in [1.165, 1.54) is 0 Å². The first-order chi connectivity index (χ1) is 9.73. The SMILES string of the molecule is N#CCc1cc2cc(C#N)c(C#N)cc2cc1CC#N. The zero-order valence-electron chi connectivity index (χ0n) is 10.5. The second-order valence-corrected chi connectivity index (χ2v) is 4.26. The van der Waals surface area contributed by atoms with Gasteiger partial charge in [-0.1, -0.05) is 0 Å². The standard InChI is InChI=1S/C16H8N4/c17-3-1-11-5-13-7-15(9-19)16(10-20)8-14(13)6-12(11)2-4-18/h5-8H,1-2H2. The highest BCUT2D eigenvalue weighted by Crippen LogP contribution is 2.24. The molecule has 0 heterocycles. The molecule has 0 radical (unpaired) electrons. The lowest BCUT2D eigenvalue weighted by Gasteiger charge is -2.08. The van der Waals surface area contributed by atoms with Gasteiger partial charge in [0.2, 0.25) is 0 Å². The number of hydrogen-bond acceptors (Lipinski definition) is 4. The van der Waals surface area contributed by atoms with Crippen LogP contribution in [0.3, 0.4) is 0 Å². The molecule has 0 atom stereocenters. The van der Waals surface area contributed by atoms with Crippen LogP contribution in [0.5, 0.6) is 0 Å². The van der Waals surface area contributed by atoms with Crippen LogP contribution in [0.25, 0.3) is 10.8 Å². The van der Waals surface area contributed by atoms with Crippen LogP contribution in [-0.4, -0.2) is 0 Å². The highest BCUT2D eigenvalue weighted by molar-refractivity contribution is 5.87. The Kier molecular flexibility index (Phi) is 3.63. The molecule has 0 fully saturated rings. The van der Waals surface area contributed by atoms with Gasteiger partial charge < -0.3 is 0 Å². The van der Waals surface area contributed by atoms with Crippen molar-refractivity contribution in [3.63, 3.8) is 0 Å². The molecule has 2 aromatic rings. The molecule has 0 aliphatic carbocycles. The van der Waals surface area contributed by atoms with Gasteiger partial charge in [-0.25, -0.2) is 0 Å². The van der Waals surface area contributed by atoms with Crippen molar-refractivity contribution in [3.8, 4) is 24.3 Å². The number of hydrogen-bond donors (Lipinski definition) is 0. The van der Waals surface area contributed by atoms with Crippen LogP contribution in [0.15, 0.2) is 24.3 Å². The van der Waals surface area contributed by atoms with Crippen LogP contribution in [0.1, 0.15) is 22.3 Å². The first-order valence-corrected chi connectivity index (χ1v) is 5.87. The van der Waals surface area contributed by atoms with E-state index in [4.69, 9.17) is 21.0 Å². The second-order valence-electron chi connectivity index (χ2n) is 4.26. The molecule has 0 N–H and O–H groups in total. The first kappa shape index (κ1) is 13.1. The fraction of sp³-hybridized carbons (Fsp3) is 0.125. The Bertz CT molecular complexity index is 779. The molecule has 4 nitrogen and oxygen atoms in total. The number of rotatable bonds is 2. The fourth-order valence-electron chi connectivity index (χ4n) is 2.13. The van der Waals surface area contributed by atoms with Crippen molar-refractivity contribution in [1.29, 1.82) is 21.0 Å². The summed E-state index contributed by atoms with van der Waals surface area (Å²) < 4.78 is 0. The van der Waals surface area contributed by atoms with Gasteiger partial charge in [0.15, 0.2) is 0 Å². The van der Waals surface area contributed by atoms with Gasteiger partial charge >= 0.3 is 0 Å². The molecular weight excluding hydrogens is 248 g/mol. The minimum atomic E-state index is 0.217. The largest absolute Gasteiger partial charge is 0.198 e. The highest BCUT2D eigenvalue weighted by atomic mass is 14.3. The highest BCUT2D eigenvalue weighted by Gasteiger charge is 2.09. The molecule has 4 heteroatoms. The molecule has 20 heavy (non-hydrogen) atoms. The Morgan fingerprint density at radius 1 is 0.650 bits per heavy atom. The number of benzene rings is 2. The van der Waals surface area contributed by atoms with E-state index in [1.54, 1.807) is 12.1 Å². The Labute approximate surface area is 116 Å². The van der Waals surface area contributed by atoms with Crippen molar-refractivity contribution in [3.05, 3.63) is 46.5 Å². The zero-order chi connectivity index (χ0) is 14.5. The molecule has 0 spiro atoms. The number of nitrogens with zero attached hydrogens (tertiary/aromatic N) is 4. The zero-order valence-corrected chi connectivity index (χ0v) is 10.5. The van der Waals surface area contributed by atoms with Crippen LogP contribution < -0.4 is 0 Å². The third kappa shape index (κ3) is 2.28. The summed E-state index contributed by atoms with van der Waals surface area (Å²) in [5.74, 6) is 0. The quantitative estimate of drug-likeness (QED) is 0.825. The van der Waals surface area contributed by atoms with Crippen LogP contribution in [0, 0.1) is 45.3 Å². The molecule has 0 unspecified atom stereocenters. The van der Waals surface area contributed by atoms with Gasteiger partial charge in [-0.2, -0.15) is 21.0 Å². The minimum Gasteiger partial charge on any atom is -0.198 e. The van der Waals surface area contributed by atoms with E-state index in [9.17, 15) is 0 Å². The maximum atomic E-state index is 9.02. The third-order valence-corrected chi connectivity index (χ3v) is 3.08. The molecular formula is C16H8N4. The van der Waals surface area contributed by atoms with E-state index >= 15 is 0 Å². The normalized spacial score (nSPS) is 9.20. The van der Waals surface area contributed by atoms with Crippen molar-refractivity contribution in [1.82, 2.24) is 0 Å². The maximum absolute atomic E-state index is 9.02. The van der Waals surface area contributed by atoms with Gasteiger partial charge in [0.1, 0.15) is 12.1 Å². The first-order valence-electron chi connectivity index (χ1n) is 5.87. The van der Waals surface area contributed by atoms with Gasteiger partial charge in [0.05, 0.1) is 36.1 Å². The van der Waals surface area contributed by atoms with Crippen LogP contribution >= 0.6 is 0 Å².